The van der Waals surface area contributed by atoms with Crippen molar-refractivity contribution in [2.75, 3.05) is 18.6 Å². The molecule has 3 aromatic heterocycles. The van der Waals surface area contributed by atoms with E-state index in [2.05, 4.69) is 22.1 Å². The highest BCUT2D eigenvalue weighted by atomic mass is 35.5. The molecule has 36 heavy (non-hydrogen) atoms. The van der Waals surface area contributed by atoms with Gasteiger partial charge in [0.25, 0.3) is 11.8 Å². The first-order valence-corrected chi connectivity index (χ1v) is 13.0. The zero-order valence-electron chi connectivity index (χ0n) is 19.5. The fraction of sp³-hybridized carbons (Fsp3) is 0.240. The van der Waals surface area contributed by atoms with Crippen LogP contribution in [-0.4, -0.2) is 51.6 Å². The zero-order valence-corrected chi connectivity index (χ0v) is 21.9. The molecule has 1 aliphatic heterocycles. The molecule has 4 heterocycles. The van der Waals surface area contributed by atoms with E-state index in [0.29, 0.717) is 26.3 Å². The molecule has 0 spiro atoms. The summed E-state index contributed by atoms with van der Waals surface area (Å²) in [4.78, 5) is 33.7. The highest BCUT2D eigenvalue weighted by Gasteiger charge is 2.31. The number of halogens is 1. The lowest BCUT2D eigenvalue weighted by Gasteiger charge is -2.20. The lowest BCUT2D eigenvalue weighted by molar-refractivity contribution is -0.120. The summed E-state index contributed by atoms with van der Waals surface area (Å²) in [5, 5.41) is 14.6. The summed E-state index contributed by atoms with van der Waals surface area (Å²) in [6.07, 6.45) is 1.65. The molecule has 184 valence electrons. The Kier molecular flexibility index (Phi) is 6.26. The van der Waals surface area contributed by atoms with Crippen molar-refractivity contribution >= 4 is 56.7 Å². The van der Waals surface area contributed by atoms with E-state index in [0.717, 1.165) is 10.6 Å². The molecule has 0 saturated heterocycles. The second-order valence-corrected chi connectivity index (χ2v) is 11.3. The van der Waals surface area contributed by atoms with Crippen molar-refractivity contribution in [3.05, 3.63) is 57.5 Å². The second kappa shape index (κ2) is 9.26. The minimum absolute atomic E-state index is 0.0300. The minimum Gasteiger partial charge on any atom is -0.489 e. The van der Waals surface area contributed by atoms with Crippen LogP contribution in [-0.2, 0) is 4.79 Å². The standard InChI is InChI=1S/C25H21ClN4O4S2/c1-25(2,33)9-8-14-4-5-19-17(10-14)29(3)23(32)16(12-34-19)27-22(31)15-11-30-18(13-35-24(30)28-15)20-6-7-21(26)36-20/h4-7,10-11,13,16,33H,12H2,1-3H3,(H,27,31)/t16-/m0/s1. The van der Waals surface area contributed by atoms with Gasteiger partial charge in [0.2, 0.25) is 0 Å². The largest absolute Gasteiger partial charge is 0.489 e. The van der Waals surface area contributed by atoms with Gasteiger partial charge in [0, 0.05) is 24.2 Å². The summed E-state index contributed by atoms with van der Waals surface area (Å²) in [5.41, 5.74) is 1.11. The molecule has 0 bridgehead atoms. The van der Waals surface area contributed by atoms with E-state index in [-0.39, 0.29) is 18.2 Å². The Balaban J connectivity index is 1.35. The summed E-state index contributed by atoms with van der Waals surface area (Å²) >= 11 is 8.93. The van der Waals surface area contributed by atoms with Crippen LogP contribution >= 0.6 is 34.3 Å². The van der Waals surface area contributed by atoms with Gasteiger partial charge in [-0.1, -0.05) is 23.4 Å². The van der Waals surface area contributed by atoms with Crippen LogP contribution in [0.5, 0.6) is 5.75 Å². The average molecular weight is 541 g/mol. The summed E-state index contributed by atoms with van der Waals surface area (Å²) in [7, 11) is 1.62. The van der Waals surface area contributed by atoms with Crippen LogP contribution in [0.15, 0.2) is 41.9 Å². The molecule has 0 fully saturated rings. The predicted molar refractivity (Wildman–Crippen MR) is 141 cm³/mol. The third-order valence-electron chi connectivity index (χ3n) is 5.44. The number of nitrogens with zero attached hydrogens (tertiary/aromatic N) is 3. The molecule has 0 aliphatic carbocycles. The number of carbonyl (C=O) groups excluding carboxylic acids is 2. The second-order valence-electron chi connectivity index (χ2n) is 8.73. The van der Waals surface area contributed by atoms with Crippen LogP contribution in [0.25, 0.3) is 15.5 Å². The van der Waals surface area contributed by atoms with Gasteiger partial charge >= 0.3 is 0 Å². The van der Waals surface area contributed by atoms with Crippen LogP contribution in [0.2, 0.25) is 4.34 Å². The lowest BCUT2D eigenvalue weighted by atomic mass is 10.1. The van der Waals surface area contributed by atoms with Gasteiger partial charge in [-0.15, -0.1) is 22.7 Å². The molecule has 8 nitrogen and oxygen atoms in total. The van der Waals surface area contributed by atoms with E-state index in [1.165, 1.54) is 27.6 Å². The van der Waals surface area contributed by atoms with Gasteiger partial charge < -0.3 is 20.1 Å². The number of benzene rings is 1. The molecule has 2 amide bonds. The molecule has 11 heteroatoms. The Morgan fingerprint density at radius 1 is 1.33 bits per heavy atom. The summed E-state index contributed by atoms with van der Waals surface area (Å²) in [5.74, 6) is 5.35. The van der Waals surface area contributed by atoms with Gasteiger partial charge in [-0.2, -0.15) is 0 Å². The van der Waals surface area contributed by atoms with Crippen LogP contribution in [0.1, 0.15) is 29.9 Å². The number of anilines is 1. The number of ether oxygens (including phenoxy) is 1. The fourth-order valence-electron chi connectivity index (χ4n) is 3.66. The molecule has 0 radical (unpaired) electrons. The molecule has 1 atom stereocenters. The molecule has 0 saturated carbocycles. The van der Waals surface area contributed by atoms with E-state index < -0.39 is 17.6 Å². The maximum absolute atomic E-state index is 13.2. The predicted octanol–water partition coefficient (Wildman–Crippen LogP) is 4.05. The van der Waals surface area contributed by atoms with E-state index in [4.69, 9.17) is 16.3 Å². The van der Waals surface area contributed by atoms with Crippen LogP contribution < -0.4 is 15.0 Å². The molecule has 1 aromatic carbocycles. The molecule has 4 aromatic rings. The molecule has 5 rings (SSSR count). The number of thiazole rings is 1. The van der Waals surface area contributed by atoms with Crippen molar-refractivity contribution < 1.29 is 19.4 Å². The molecular weight excluding hydrogens is 520 g/mol. The average Bonchev–Trinajstić information content (AvgIpc) is 3.53. The van der Waals surface area contributed by atoms with Gasteiger partial charge in [0.05, 0.1) is 20.6 Å². The van der Waals surface area contributed by atoms with Crippen LogP contribution in [0.3, 0.4) is 0 Å². The van der Waals surface area contributed by atoms with E-state index in [1.54, 1.807) is 45.3 Å². The van der Waals surface area contributed by atoms with E-state index >= 15 is 0 Å². The van der Waals surface area contributed by atoms with Gasteiger partial charge in [0.15, 0.2) is 4.96 Å². The van der Waals surface area contributed by atoms with Crippen LogP contribution in [0, 0.1) is 11.8 Å². The molecule has 2 N–H and O–H groups in total. The normalized spacial score (nSPS) is 15.6. The van der Waals surface area contributed by atoms with Crippen molar-refractivity contribution in [1.82, 2.24) is 14.7 Å². The zero-order chi connectivity index (χ0) is 25.6. The van der Waals surface area contributed by atoms with Crippen molar-refractivity contribution in [1.29, 1.82) is 0 Å². The number of rotatable bonds is 3. The number of imidazole rings is 1. The van der Waals surface area contributed by atoms with E-state index in [1.807, 2.05) is 21.9 Å². The summed E-state index contributed by atoms with van der Waals surface area (Å²) in [6.45, 7) is 3.16. The number of hydrogen-bond acceptors (Lipinski definition) is 7. The first-order valence-electron chi connectivity index (χ1n) is 10.9. The third-order valence-corrected chi connectivity index (χ3v) is 7.53. The Bertz CT molecular complexity index is 1550. The highest BCUT2D eigenvalue weighted by Crippen LogP contribution is 2.34. The number of hydrogen-bond donors (Lipinski definition) is 2. The number of fused-ring (bicyclic) bond motifs is 2. The Labute approximate surface area is 220 Å². The van der Waals surface area contributed by atoms with Crippen molar-refractivity contribution in [2.45, 2.75) is 25.5 Å². The van der Waals surface area contributed by atoms with Crippen molar-refractivity contribution in [2.24, 2.45) is 0 Å². The quantitative estimate of drug-likeness (QED) is 0.382. The molecular formula is C25H21ClN4O4S2. The summed E-state index contributed by atoms with van der Waals surface area (Å²) < 4.78 is 8.37. The number of aliphatic hydroxyl groups is 1. The number of nitrogens with one attached hydrogen (secondary N) is 1. The fourth-order valence-corrected chi connectivity index (χ4v) is 5.66. The smallest absolute Gasteiger partial charge is 0.272 e. The lowest BCUT2D eigenvalue weighted by Crippen LogP contribution is -2.49. The van der Waals surface area contributed by atoms with Crippen molar-refractivity contribution in [3.63, 3.8) is 0 Å². The number of thiophene rings is 1. The Hall–Kier alpha value is -3.36. The Morgan fingerprint density at radius 3 is 2.86 bits per heavy atom. The van der Waals surface area contributed by atoms with Gasteiger partial charge in [-0.05, 0) is 44.2 Å². The number of aromatic nitrogens is 2. The highest BCUT2D eigenvalue weighted by molar-refractivity contribution is 7.20. The van der Waals surface area contributed by atoms with Gasteiger partial charge in [0.1, 0.15) is 29.7 Å². The monoisotopic (exact) mass is 540 g/mol. The molecule has 0 unspecified atom stereocenters. The first-order chi connectivity index (χ1) is 17.1. The minimum atomic E-state index is -1.14. The molecule has 1 aliphatic rings. The van der Waals surface area contributed by atoms with Gasteiger partial charge in [-0.25, -0.2) is 4.98 Å². The number of amides is 2. The third kappa shape index (κ3) is 4.83. The Morgan fingerprint density at radius 2 is 2.14 bits per heavy atom. The number of carbonyl (C=O) groups is 2. The van der Waals surface area contributed by atoms with Crippen LogP contribution in [0.4, 0.5) is 5.69 Å². The van der Waals surface area contributed by atoms with Gasteiger partial charge in [-0.3, -0.25) is 14.0 Å². The summed E-state index contributed by atoms with van der Waals surface area (Å²) in [6, 6.07) is 8.04. The topological polar surface area (TPSA) is 96.2 Å². The van der Waals surface area contributed by atoms with E-state index in [9.17, 15) is 14.7 Å². The van der Waals surface area contributed by atoms with Crippen molar-refractivity contribution in [3.8, 4) is 28.2 Å². The number of likely N-dealkylation sites (N-methyl/N-ethyl adjacent to an activating group) is 1. The SMILES string of the molecule is CN1C(=O)[C@@H](NC(=O)c2cn3c(-c4ccc(Cl)s4)csc3n2)COc2ccc(C#CC(C)(C)O)cc21. The maximum atomic E-state index is 13.2. The maximum Gasteiger partial charge on any atom is 0.272 e. The first kappa shape index (κ1) is 24.3.